The molecule has 1 aliphatic rings. The van der Waals surface area contributed by atoms with E-state index in [0.29, 0.717) is 24.1 Å². The Morgan fingerprint density at radius 1 is 1.05 bits per heavy atom. The van der Waals surface area contributed by atoms with Crippen molar-refractivity contribution in [1.29, 1.82) is 0 Å². The van der Waals surface area contributed by atoms with Gasteiger partial charge in [0, 0.05) is 17.7 Å². The lowest BCUT2D eigenvalue weighted by Crippen LogP contribution is -2.33. The molecule has 1 N–H and O–H groups in total. The topological polar surface area (TPSA) is 74.7 Å². The van der Waals surface area contributed by atoms with Gasteiger partial charge in [0.1, 0.15) is 0 Å². The Morgan fingerprint density at radius 3 is 2.00 bits per heavy atom. The van der Waals surface area contributed by atoms with Crippen LogP contribution in [0.25, 0.3) is 0 Å². The minimum absolute atomic E-state index is 0.218. The van der Waals surface area contributed by atoms with Crippen LogP contribution in [-0.2, 0) is 16.0 Å². The predicted molar refractivity (Wildman–Crippen MR) is 72.2 cm³/mol. The number of carbonyl (C=O) groups is 3. The van der Waals surface area contributed by atoms with Crippen molar-refractivity contribution in [2.75, 3.05) is 6.54 Å². The van der Waals surface area contributed by atoms with Gasteiger partial charge in [-0.2, -0.15) is 0 Å². The van der Waals surface area contributed by atoms with Gasteiger partial charge in [-0.3, -0.25) is 14.5 Å². The van der Waals surface area contributed by atoms with Gasteiger partial charge in [-0.05, 0) is 38.0 Å². The summed E-state index contributed by atoms with van der Waals surface area (Å²) in [6, 6.07) is 6.42. The summed E-state index contributed by atoms with van der Waals surface area (Å²) in [6.07, 6.45) is 0.512. The van der Waals surface area contributed by atoms with Crippen molar-refractivity contribution in [3.63, 3.8) is 0 Å². The third-order valence-corrected chi connectivity index (χ3v) is 3.52. The van der Waals surface area contributed by atoms with Crippen molar-refractivity contribution in [2.24, 2.45) is 0 Å². The Kier molecular flexibility index (Phi) is 3.70. The molecule has 0 bridgehead atoms. The minimum atomic E-state index is -0.975. The minimum Gasteiger partial charge on any atom is -0.478 e. The number of carboxylic acids is 1. The molecular formula is C15H15NO4. The maximum Gasteiger partial charge on any atom is 0.335 e. The highest BCUT2D eigenvalue weighted by atomic mass is 16.4. The van der Waals surface area contributed by atoms with Crippen LogP contribution in [-0.4, -0.2) is 34.3 Å². The first-order valence-corrected chi connectivity index (χ1v) is 6.27. The van der Waals surface area contributed by atoms with E-state index in [0.717, 1.165) is 5.56 Å². The van der Waals surface area contributed by atoms with Crippen LogP contribution in [0.15, 0.2) is 35.4 Å². The lowest BCUT2D eigenvalue weighted by Gasteiger charge is -2.14. The van der Waals surface area contributed by atoms with Crippen LogP contribution in [0.1, 0.15) is 29.8 Å². The monoisotopic (exact) mass is 273 g/mol. The molecule has 2 amide bonds. The lowest BCUT2D eigenvalue weighted by atomic mass is 10.1. The number of amides is 2. The first kappa shape index (κ1) is 14.0. The average molecular weight is 273 g/mol. The molecule has 20 heavy (non-hydrogen) atoms. The highest BCUT2D eigenvalue weighted by Gasteiger charge is 2.32. The van der Waals surface area contributed by atoms with E-state index >= 15 is 0 Å². The molecule has 0 fully saturated rings. The van der Waals surface area contributed by atoms with Gasteiger partial charge < -0.3 is 5.11 Å². The van der Waals surface area contributed by atoms with Gasteiger partial charge in [-0.25, -0.2) is 4.79 Å². The zero-order valence-electron chi connectivity index (χ0n) is 11.3. The fourth-order valence-electron chi connectivity index (χ4n) is 2.08. The first-order valence-electron chi connectivity index (χ1n) is 6.27. The molecule has 0 saturated heterocycles. The van der Waals surface area contributed by atoms with Crippen molar-refractivity contribution in [3.05, 3.63) is 46.5 Å². The van der Waals surface area contributed by atoms with E-state index in [1.165, 1.54) is 17.0 Å². The number of hydrogen-bond acceptors (Lipinski definition) is 3. The standard InChI is InChI=1S/C15H15NO4/c1-9-10(2)14(18)16(13(9)17)8-7-11-3-5-12(6-4-11)15(19)20/h3-6H,7-8H2,1-2H3,(H,19,20). The van der Waals surface area contributed by atoms with Crippen molar-refractivity contribution in [1.82, 2.24) is 4.90 Å². The molecule has 0 spiro atoms. The molecule has 5 heteroatoms. The van der Waals surface area contributed by atoms with Gasteiger partial charge in [-0.1, -0.05) is 12.1 Å². The number of benzene rings is 1. The van der Waals surface area contributed by atoms with Crippen LogP contribution in [0.3, 0.4) is 0 Å². The second-order valence-electron chi connectivity index (χ2n) is 4.76. The Labute approximate surface area is 116 Å². The molecule has 0 unspecified atom stereocenters. The Bertz CT molecular complexity index is 589. The number of aromatic carboxylic acids is 1. The summed E-state index contributed by atoms with van der Waals surface area (Å²) in [6.45, 7) is 3.60. The van der Waals surface area contributed by atoms with Crippen LogP contribution in [0.5, 0.6) is 0 Å². The molecule has 1 aliphatic heterocycles. The summed E-state index contributed by atoms with van der Waals surface area (Å²) >= 11 is 0. The number of nitrogens with zero attached hydrogens (tertiary/aromatic N) is 1. The summed E-state index contributed by atoms with van der Waals surface area (Å²) in [7, 11) is 0. The summed E-state index contributed by atoms with van der Waals surface area (Å²) < 4.78 is 0. The average Bonchev–Trinajstić information content (AvgIpc) is 2.62. The van der Waals surface area contributed by atoms with Gasteiger partial charge in [0.25, 0.3) is 11.8 Å². The van der Waals surface area contributed by atoms with E-state index in [4.69, 9.17) is 5.11 Å². The molecule has 0 atom stereocenters. The van der Waals surface area contributed by atoms with E-state index in [2.05, 4.69) is 0 Å². The van der Waals surface area contributed by atoms with Crippen molar-refractivity contribution in [3.8, 4) is 0 Å². The number of carbonyl (C=O) groups excluding carboxylic acids is 2. The van der Waals surface area contributed by atoms with E-state index in [-0.39, 0.29) is 17.4 Å². The fraction of sp³-hybridized carbons (Fsp3) is 0.267. The quantitative estimate of drug-likeness (QED) is 0.846. The summed E-state index contributed by atoms with van der Waals surface area (Å²) in [5.74, 6) is -1.46. The first-order chi connectivity index (χ1) is 9.41. The largest absolute Gasteiger partial charge is 0.478 e. The second kappa shape index (κ2) is 5.28. The van der Waals surface area contributed by atoms with Crippen LogP contribution < -0.4 is 0 Å². The fourth-order valence-corrected chi connectivity index (χ4v) is 2.08. The molecule has 104 valence electrons. The van der Waals surface area contributed by atoms with Gasteiger partial charge >= 0.3 is 5.97 Å². The maximum absolute atomic E-state index is 11.9. The third kappa shape index (κ3) is 2.47. The number of hydrogen-bond donors (Lipinski definition) is 1. The van der Waals surface area contributed by atoms with Gasteiger partial charge in [0.05, 0.1) is 5.56 Å². The van der Waals surface area contributed by atoms with E-state index in [1.807, 2.05) is 0 Å². The molecule has 1 aromatic carbocycles. The molecule has 1 heterocycles. The second-order valence-corrected chi connectivity index (χ2v) is 4.76. The van der Waals surface area contributed by atoms with Crippen molar-refractivity contribution in [2.45, 2.75) is 20.3 Å². The highest BCUT2D eigenvalue weighted by molar-refractivity contribution is 6.18. The zero-order valence-corrected chi connectivity index (χ0v) is 11.3. The van der Waals surface area contributed by atoms with Crippen LogP contribution in [0.4, 0.5) is 0 Å². The molecule has 0 aromatic heterocycles. The van der Waals surface area contributed by atoms with E-state index in [9.17, 15) is 14.4 Å². The summed E-state index contributed by atoms with van der Waals surface area (Å²) in [5, 5.41) is 8.80. The molecule has 1 aromatic rings. The highest BCUT2D eigenvalue weighted by Crippen LogP contribution is 2.20. The predicted octanol–water partition coefficient (Wildman–Crippen LogP) is 1.63. The normalized spacial score (nSPS) is 15.2. The van der Waals surface area contributed by atoms with Crippen molar-refractivity contribution >= 4 is 17.8 Å². The van der Waals surface area contributed by atoms with E-state index in [1.54, 1.807) is 26.0 Å². The summed E-state index contributed by atoms with van der Waals surface area (Å²) in [5.41, 5.74) is 2.10. The molecule has 2 rings (SSSR count). The lowest BCUT2D eigenvalue weighted by molar-refractivity contribution is -0.137. The van der Waals surface area contributed by atoms with Gasteiger partial charge in [0.2, 0.25) is 0 Å². The third-order valence-electron chi connectivity index (χ3n) is 3.52. The Hall–Kier alpha value is -2.43. The molecule has 0 radical (unpaired) electrons. The maximum atomic E-state index is 11.9. The summed E-state index contributed by atoms with van der Waals surface area (Å²) in [4.78, 5) is 35.7. The van der Waals surface area contributed by atoms with Crippen LogP contribution in [0.2, 0.25) is 0 Å². The molecular weight excluding hydrogens is 258 g/mol. The van der Waals surface area contributed by atoms with Crippen LogP contribution >= 0.6 is 0 Å². The van der Waals surface area contributed by atoms with Crippen molar-refractivity contribution < 1.29 is 19.5 Å². The van der Waals surface area contributed by atoms with Crippen LogP contribution in [0, 0.1) is 0 Å². The van der Waals surface area contributed by atoms with Gasteiger partial charge in [0.15, 0.2) is 0 Å². The Morgan fingerprint density at radius 2 is 1.55 bits per heavy atom. The Balaban J connectivity index is 2.02. The zero-order chi connectivity index (χ0) is 14.9. The molecule has 0 saturated carbocycles. The van der Waals surface area contributed by atoms with Gasteiger partial charge in [-0.15, -0.1) is 0 Å². The smallest absolute Gasteiger partial charge is 0.335 e. The SMILES string of the molecule is CC1=C(C)C(=O)N(CCc2ccc(C(=O)O)cc2)C1=O. The molecule has 5 nitrogen and oxygen atoms in total. The number of rotatable bonds is 4. The molecule has 0 aliphatic carbocycles. The number of carboxylic acid groups (broad SMARTS) is 1. The van der Waals surface area contributed by atoms with E-state index < -0.39 is 5.97 Å². The number of imide groups is 1.